The molecular weight excluding hydrogens is 371 g/mol. The van der Waals surface area contributed by atoms with E-state index in [0.717, 1.165) is 0 Å². The van der Waals surface area contributed by atoms with E-state index >= 15 is 0 Å². The molecule has 2 saturated carbocycles. The van der Waals surface area contributed by atoms with Crippen molar-refractivity contribution in [3.63, 3.8) is 0 Å². The number of alkyl halides is 3. The van der Waals surface area contributed by atoms with Gasteiger partial charge in [-0.1, -0.05) is 0 Å². The summed E-state index contributed by atoms with van der Waals surface area (Å²) in [6.07, 6.45) is -4.66. The molecule has 3 fully saturated rings. The molecule has 1 aromatic rings. The maximum atomic E-state index is 14.0. The van der Waals surface area contributed by atoms with Crippen molar-refractivity contribution in [1.29, 1.82) is 0 Å². The van der Waals surface area contributed by atoms with Gasteiger partial charge in [-0.25, -0.2) is 0 Å². The van der Waals surface area contributed by atoms with Gasteiger partial charge in [-0.3, -0.25) is 9.59 Å². The number of thiazole rings is 1. The van der Waals surface area contributed by atoms with E-state index in [9.17, 15) is 27.9 Å². The van der Waals surface area contributed by atoms with Crippen LogP contribution in [0.15, 0.2) is 5.38 Å². The van der Waals surface area contributed by atoms with Crippen molar-refractivity contribution >= 4 is 28.2 Å². The molecule has 142 valence electrons. The molecule has 3 unspecified atom stereocenters. The first kappa shape index (κ1) is 17.6. The average Bonchev–Trinajstić information content (AvgIpc) is 3.27. The zero-order valence-corrected chi connectivity index (χ0v) is 14.6. The number of anilines is 1. The molecule has 1 aliphatic heterocycles. The molecule has 2 aliphatic carbocycles. The van der Waals surface area contributed by atoms with Crippen LogP contribution >= 0.6 is 11.3 Å². The molecule has 6 nitrogen and oxygen atoms in total. The summed E-state index contributed by atoms with van der Waals surface area (Å²) in [5.74, 6) is -3.04. The number of carbonyl (C=O) groups excluding carboxylic acids is 2. The SMILES string of the molecule is O=C1CC2CC1C(C(=O)N1CCN(c3nc(O)cs3)CC1)(C(F)(F)F)C2. The normalized spacial score (nSPS) is 31.7. The Balaban J connectivity index is 1.52. The highest BCUT2D eigenvalue weighted by Crippen LogP contribution is 2.62. The molecule has 3 aliphatic rings. The quantitative estimate of drug-likeness (QED) is 0.838. The second kappa shape index (κ2) is 5.83. The summed E-state index contributed by atoms with van der Waals surface area (Å²) in [4.78, 5) is 32.0. The van der Waals surface area contributed by atoms with Crippen molar-refractivity contribution < 1.29 is 27.9 Å². The number of halogens is 3. The van der Waals surface area contributed by atoms with Crippen molar-refractivity contribution in [3.8, 4) is 5.88 Å². The molecule has 1 N–H and O–H groups in total. The number of amides is 1. The van der Waals surface area contributed by atoms with Crippen molar-refractivity contribution in [3.05, 3.63) is 5.38 Å². The number of hydrogen-bond donors (Lipinski definition) is 1. The Morgan fingerprint density at radius 3 is 2.50 bits per heavy atom. The van der Waals surface area contributed by atoms with Gasteiger partial charge in [0.1, 0.15) is 5.78 Å². The molecule has 1 saturated heterocycles. The first-order chi connectivity index (χ1) is 12.2. The molecule has 0 aromatic carbocycles. The van der Waals surface area contributed by atoms with Crippen LogP contribution in [0.5, 0.6) is 5.88 Å². The third kappa shape index (κ3) is 2.49. The minimum atomic E-state index is -4.72. The Kier molecular flexibility index (Phi) is 3.94. The van der Waals surface area contributed by atoms with Crippen LogP contribution < -0.4 is 4.90 Å². The lowest BCUT2D eigenvalue weighted by Crippen LogP contribution is -2.60. The second-order valence-corrected chi connectivity index (χ2v) is 8.10. The summed E-state index contributed by atoms with van der Waals surface area (Å²) >= 11 is 1.24. The van der Waals surface area contributed by atoms with E-state index in [2.05, 4.69) is 4.98 Å². The first-order valence-electron chi connectivity index (χ1n) is 8.50. The summed E-state index contributed by atoms with van der Waals surface area (Å²) in [5, 5.41) is 11.4. The van der Waals surface area contributed by atoms with Crippen LogP contribution in [0.3, 0.4) is 0 Å². The van der Waals surface area contributed by atoms with Crippen LogP contribution in [0.1, 0.15) is 19.3 Å². The molecular formula is C16H18F3N3O3S. The smallest absolute Gasteiger partial charge is 0.403 e. The van der Waals surface area contributed by atoms with Gasteiger partial charge in [0.05, 0.1) is 5.38 Å². The van der Waals surface area contributed by atoms with E-state index < -0.39 is 29.2 Å². The zero-order valence-electron chi connectivity index (χ0n) is 13.8. The predicted molar refractivity (Wildman–Crippen MR) is 86.9 cm³/mol. The Morgan fingerprint density at radius 2 is 2.00 bits per heavy atom. The van der Waals surface area contributed by atoms with Gasteiger partial charge in [-0.2, -0.15) is 18.2 Å². The standard InChI is InChI=1S/C16H18F3N3O3S/c17-16(18,19)15(7-9-5-10(15)11(23)6-9)13(25)21-1-3-22(4-2-21)14-20-12(24)8-26-14/h8-10,24H,1-7H2. The molecule has 1 amide bonds. The molecule has 2 bridgehead atoms. The maximum Gasteiger partial charge on any atom is 0.403 e. The fourth-order valence-electron chi connectivity index (χ4n) is 4.66. The number of Topliss-reactive ketones (excluding diaryl/α,β-unsaturated/α-hetero) is 1. The summed E-state index contributed by atoms with van der Waals surface area (Å²) in [6.45, 7) is 0.967. The Hall–Kier alpha value is -1.84. The Bertz CT molecular complexity index is 745. The van der Waals surface area contributed by atoms with Gasteiger partial charge >= 0.3 is 6.18 Å². The summed E-state index contributed by atoms with van der Waals surface area (Å²) < 4.78 is 41.9. The maximum absolute atomic E-state index is 14.0. The Labute approximate surface area is 151 Å². The van der Waals surface area contributed by atoms with Gasteiger partial charge < -0.3 is 14.9 Å². The number of fused-ring (bicyclic) bond motifs is 2. The highest BCUT2D eigenvalue weighted by atomic mass is 32.1. The van der Waals surface area contributed by atoms with Crippen LogP contribution in [0.25, 0.3) is 0 Å². The van der Waals surface area contributed by atoms with Crippen LogP contribution in [0.4, 0.5) is 18.3 Å². The van der Waals surface area contributed by atoms with Crippen molar-refractivity contribution in [1.82, 2.24) is 9.88 Å². The summed E-state index contributed by atoms with van der Waals surface area (Å²) in [5.41, 5.74) is -2.55. The number of piperazine rings is 1. The lowest BCUT2D eigenvalue weighted by atomic mass is 9.70. The van der Waals surface area contributed by atoms with Gasteiger partial charge in [0, 0.05) is 38.5 Å². The Morgan fingerprint density at radius 1 is 1.31 bits per heavy atom. The first-order valence-corrected chi connectivity index (χ1v) is 9.38. The fraction of sp³-hybridized carbons (Fsp3) is 0.688. The number of rotatable bonds is 2. The van der Waals surface area contributed by atoms with Crippen molar-refractivity contribution in [2.24, 2.45) is 17.3 Å². The van der Waals surface area contributed by atoms with E-state index in [1.54, 1.807) is 0 Å². The van der Waals surface area contributed by atoms with E-state index in [-0.39, 0.29) is 44.1 Å². The minimum Gasteiger partial charge on any atom is -0.493 e. The van der Waals surface area contributed by atoms with Gasteiger partial charge in [0.2, 0.25) is 11.8 Å². The van der Waals surface area contributed by atoms with Gasteiger partial charge in [-0.15, -0.1) is 11.3 Å². The van der Waals surface area contributed by atoms with Crippen molar-refractivity contribution in [2.45, 2.75) is 25.4 Å². The third-order valence-corrected chi connectivity index (χ3v) is 6.75. The molecule has 1 aromatic heterocycles. The number of carbonyl (C=O) groups is 2. The molecule has 3 atom stereocenters. The summed E-state index contributed by atoms with van der Waals surface area (Å²) in [6, 6.07) is 0. The molecule has 2 heterocycles. The number of hydrogen-bond acceptors (Lipinski definition) is 6. The molecule has 4 rings (SSSR count). The second-order valence-electron chi connectivity index (χ2n) is 7.27. The van der Waals surface area contributed by atoms with E-state index in [4.69, 9.17) is 0 Å². The monoisotopic (exact) mass is 389 g/mol. The van der Waals surface area contributed by atoms with Gasteiger partial charge in [-0.05, 0) is 18.8 Å². The summed E-state index contributed by atoms with van der Waals surface area (Å²) in [7, 11) is 0. The highest BCUT2D eigenvalue weighted by Gasteiger charge is 2.72. The topological polar surface area (TPSA) is 73.7 Å². The van der Waals surface area contributed by atoms with Crippen LogP contribution in [-0.2, 0) is 9.59 Å². The number of aromatic nitrogens is 1. The van der Waals surface area contributed by atoms with Gasteiger partial charge in [0.25, 0.3) is 0 Å². The molecule has 0 spiro atoms. The number of ketones is 1. The average molecular weight is 389 g/mol. The van der Waals surface area contributed by atoms with Crippen LogP contribution in [0, 0.1) is 17.3 Å². The van der Waals surface area contributed by atoms with Crippen LogP contribution in [-0.4, -0.2) is 59.0 Å². The van der Waals surface area contributed by atoms with E-state index in [0.29, 0.717) is 18.2 Å². The highest BCUT2D eigenvalue weighted by molar-refractivity contribution is 7.13. The molecule has 26 heavy (non-hydrogen) atoms. The zero-order chi connectivity index (χ0) is 18.7. The van der Waals surface area contributed by atoms with E-state index in [1.807, 2.05) is 4.90 Å². The minimum absolute atomic E-state index is 0.0972. The van der Waals surface area contributed by atoms with Crippen molar-refractivity contribution in [2.75, 3.05) is 31.1 Å². The van der Waals surface area contributed by atoms with Crippen LogP contribution in [0.2, 0.25) is 0 Å². The number of aromatic hydroxyl groups is 1. The lowest BCUT2D eigenvalue weighted by molar-refractivity contribution is -0.239. The van der Waals surface area contributed by atoms with E-state index in [1.165, 1.54) is 21.6 Å². The number of nitrogens with zero attached hydrogens (tertiary/aromatic N) is 3. The predicted octanol–water partition coefficient (Wildman–Crippen LogP) is 2.04. The molecule has 0 radical (unpaired) electrons. The third-order valence-electron chi connectivity index (χ3n) is 5.86. The lowest BCUT2D eigenvalue weighted by Gasteiger charge is -2.43. The van der Waals surface area contributed by atoms with Gasteiger partial charge in [0.15, 0.2) is 10.5 Å². The molecule has 10 heteroatoms. The fourth-order valence-corrected chi connectivity index (χ4v) is 5.40. The largest absolute Gasteiger partial charge is 0.493 e.